The molecule has 1 amide bonds. The summed E-state index contributed by atoms with van der Waals surface area (Å²) in [6.07, 6.45) is 3.66. The van der Waals surface area contributed by atoms with Crippen molar-refractivity contribution in [2.24, 2.45) is 0 Å². The first-order chi connectivity index (χ1) is 12.6. The predicted octanol–water partition coefficient (Wildman–Crippen LogP) is 2.80. The Bertz CT molecular complexity index is 931. The molecule has 0 aliphatic heterocycles. The normalized spacial score (nSPS) is 10.8. The van der Waals surface area contributed by atoms with Gasteiger partial charge in [0.15, 0.2) is 0 Å². The molecule has 26 heavy (non-hydrogen) atoms. The molecular weight excluding hydrogens is 330 g/mol. The standard InChI is InChI=1S/C20H17N3O3/c24-18(11-12-19(25)26)21-13-16-14-23(17-9-5-2-6-10-17)22-20(16)15-7-3-1-4-8-15/h1-12,14H,13H2,(H,21,24)(H,25,26). The third kappa shape index (κ3) is 4.24. The number of amides is 1. The van der Waals surface area contributed by atoms with Gasteiger partial charge in [0.2, 0.25) is 5.91 Å². The zero-order valence-corrected chi connectivity index (χ0v) is 13.9. The molecule has 0 radical (unpaired) electrons. The largest absolute Gasteiger partial charge is 0.478 e. The summed E-state index contributed by atoms with van der Waals surface area (Å²) in [5, 5.41) is 15.9. The van der Waals surface area contributed by atoms with Gasteiger partial charge in [0.1, 0.15) is 0 Å². The smallest absolute Gasteiger partial charge is 0.328 e. The minimum atomic E-state index is -1.16. The van der Waals surface area contributed by atoms with E-state index in [1.807, 2.05) is 66.9 Å². The first-order valence-corrected chi connectivity index (χ1v) is 8.02. The van der Waals surface area contributed by atoms with Gasteiger partial charge in [-0.3, -0.25) is 4.79 Å². The maximum absolute atomic E-state index is 11.8. The van der Waals surface area contributed by atoms with E-state index in [9.17, 15) is 9.59 Å². The summed E-state index contributed by atoms with van der Waals surface area (Å²) in [5.41, 5.74) is 3.44. The molecule has 130 valence electrons. The Kier molecular flexibility index (Phi) is 5.24. The summed E-state index contributed by atoms with van der Waals surface area (Å²) >= 11 is 0. The van der Waals surface area contributed by atoms with Gasteiger partial charge in [-0.25, -0.2) is 9.48 Å². The van der Waals surface area contributed by atoms with E-state index in [0.717, 1.165) is 34.7 Å². The molecule has 6 heteroatoms. The molecular formula is C20H17N3O3. The number of benzene rings is 2. The molecule has 0 atom stereocenters. The highest BCUT2D eigenvalue weighted by Gasteiger charge is 2.12. The van der Waals surface area contributed by atoms with Crippen LogP contribution in [0.25, 0.3) is 16.9 Å². The lowest BCUT2D eigenvalue weighted by Gasteiger charge is -2.03. The van der Waals surface area contributed by atoms with Crippen molar-refractivity contribution >= 4 is 11.9 Å². The van der Waals surface area contributed by atoms with Crippen LogP contribution in [-0.4, -0.2) is 26.8 Å². The first kappa shape index (κ1) is 17.2. The van der Waals surface area contributed by atoms with Crippen molar-refractivity contribution < 1.29 is 14.7 Å². The highest BCUT2D eigenvalue weighted by Crippen LogP contribution is 2.23. The summed E-state index contributed by atoms with van der Waals surface area (Å²) in [6.45, 7) is 0.236. The summed E-state index contributed by atoms with van der Waals surface area (Å²) in [7, 11) is 0. The molecule has 2 aromatic carbocycles. The van der Waals surface area contributed by atoms with Crippen LogP contribution in [-0.2, 0) is 16.1 Å². The number of para-hydroxylation sites is 1. The predicted molar refractivity (Wildman–Crippen MR) is 97.6 cm³/mol. The summed E-state index contributed by atoms with van der Waals surface area (Å²) < 4.78 is 1.76. The molecule has 1 heterocycles. The number of hydrogen-bond acceptors (Lipinski definition) is 3. The molecule has 0 aliphatic carbocycles. The van der Waals surface area contributed by atoms with Gasteiger partial charge in [0, 0.05) is 36.0 Å². The summed E-state index contributed by atoms with van der Waals surface area (Å²) in [5.74, 6) is -1.64. The Labute approximate surface area is 150 Å². The molecule has 0 bridgehead atoms. The van der Waals surface area contributed by atoms with Crippen LogP contribution in [0, 0.1) is 0 Å². The van der Waals surface area contributed by atoms with Crippen LogP contribution >= 0.6 is 0 Å². The summed E-state index contributed by atoms with van der Waals surface area (Å²) in [4.78, 5) is 22.3. The highest BCUT2D eigenvalue weighted by atomic mass is 16.4. The van der Waals surface area contributed by atoms with Crippen molar-refractivity contribution in [3.05, 3.63) is 84.6 Å². The fourth-order valence-corrected chi connectivity index (χ4v) is 2.48. The monoisotopic (exact) mass is 347 g/mol. The molecule has 0 unspecified atom stereocenters. The molecule has 0 aliphatic rings. The molecule has 3 aromatic rings. The van der Waals surface area contributed by atoms with Crippen LogP contribution in [0.5, 0.6) is 0 Å². The number of carboxylic acids is 1. The van der Waals surface area contributed by atoms with Gasteiger partial charge in [-0.15, -0.1) is 0 Å². The van der Waals surface area contributed by atoms with Crippen LogP contribution in [0.1, 0.15) is 5.56 Å². The number of carboxylic acid groups (broad SMARTS) is 1. The van der Waals surface area contributed by atoms with Crippen LogP contribution in [0.2, 0.25) is 0 Å². The minimum absolute atomic E-state index is 0.236. The lowest BCUT2D eigenvalue weighted by atomic mass is 10.1. The lowest BCUT2D eigenvalue weighted by Crippen LogP contribution is -2.20. The van der Waals surface area contributed by atoms with E-state index < -0.39 is 11.9 Å². The average molecular weight is 347 g/mol. The maximum Gasteiger partial charge on any atom is 0.328 e. The van der Waals surface area contributed by atoms with Gasteiger partial charge in [0.05, 0.1) is 11.4 Å². The van der Waals surface area contributed by atoms with Crippen LogP contribution in [0.3, 0.4) is 0 Å². The number of nitrogens with one attached hydrogen (secondary N) is 1. The molecule has 1 aromatic heterocycles. The maximum atomic E-state index is 11.8. The van der Waals surface area contributed by atoms with E-state index in [1.54, 1.807) is 4.68 Å². The molecule has 3 rings (SSSR count). The number of aromatic nitrogens is 2. The second-order valence-electron chi connectivity index (χ2n) is 5.54. The van der Waals surface area contributed by atoms with E-state index in [0.29, 0.717) is 0 Å². The second-order valence-corrected chi connectivity index (χ2v) is 5.54. The van der Waals surface area contributed by atoms with E-state index in [1.165, 1.54) is 0 Å². The lowest BCUT2D eigenvalue weighted by molar-refractivity contribution is -0.131. The Hall–Kier alpha value is -3.67. The molecule has 0 fully saturated rings. The molecule has 0 spiro atoms. The second kappa shape index (κ2) is 7.94. The number of nitrogens with zero attached hydrogens (tertiary/aromatic N) is 2. The van der Waals surface area contributed by atoms with Crippen LogP contribution < -0.4 is 5.32 Å². The first-order valence-electron chi connectivity index (χ1n) is 8.02. The Morgan fingerprint density at radius 2 is 1.65 bits per heavy atom. The van der Waals surface area contributed by atoms with E-state index in [-0.39, 0.29) is 6.54 Å². The van der Waals surface area contributed by atoms with Gasteiger partial charge in [-0.05, 0) is 12.1 Å². The number of hydrogen-bond donors (Lipinski definition) is 2. The van der Waals surface area contributed by atoms with Crippen molar-refractivity contribution in [1.82, 2.24) is 15.1 Å². The number of carbonyl (C=O) groups excluding carboxylic acids is 1. The zero-order valence-electron chi connectivity index (χ0n) is 13.9. The van der Waals surface area contributed by atoms with Crippen LogP contribution in [0.15, 0.2) is 79.0 Å². The van der Waals surface area contributed by atoms with Crippen molar-refractivity contribution in [3.63, 3.8) is 0 Å². The van der Waals surface area contributed by atoms with Gasteiger partial charge in [-0.1, -0.05) is 48.5 Å². The molecule has 0 saturated carbocycles. The quantitative estimate of drug-likeness (QED) is 0.672. The highest BCUT2D eigenvalue weighted by molar-refractivity contribution is 5.93. The number of rotatable bonds is 6. The van der Waals surface area contributed by atoms with Crippen molar-refractivity contribution in [2.75, 3.05) is 0 Å². The molecule has 6 nitrogen and oxygen atoms in total. The van der Waals surface area contributed by atoms with Gasteiger partial charge in [-0.2, -0.15) is 5.10 Å². The van der Waals surface area contributed by atoms with Crippen LogP contribution in [0.4, 0.5) is 0 Å². The molecule has 0 saturated heterocycles. The SMILES string of the molecule is O=C(O)C=CC(=O)NCc1cn(-c2ccccc2)nc1-c1ccccc1. The van der Waals surface area contributed by atoms with Crippen molar-refractivity contribution in [1.29, 1.82) is 0 Å². The summed E-state index contributed by atoms with van der Waals surface area (Å²) in [6, 6.07) is 19.4. The van der Waals surface area contributed by atoms with E-state index in [2.05, 4.69) is 10.4 Å². The minimum Gasteiger partial charge on any atom is -0.478 e. The number of aliphatic carboxylic acids is 1. The fourth-order valence-electron chi connectivity index (χ4n) is 2.48. The zero-order chi connectivity index (χ0) is 18.4. The third-order valence-electron chi connectivity index (χ3n) is 3.69. The van der Waals surface area contributed by atoms with Gasteiger partial charge in [0.25, 0.3) is 0 Å². The Balaban J connectivity index is 1.89. The Morgan fingerprint density at radius 3 is 2.31 bits per heavy atom. The molecule has 2 N–H and O–H groups in total. The Morgan fingerprint density at radius 1 is 1.00 bits per heavy atom. The fraction of sp³-hybridized carbons (Fsp3) is 0.0500. The topological polar surface area (TPSA) is 84.2 Å². The van der Waals surface area contributed by atoms with Crippen molar-refractivity contribution in [3.8, 4) is 16.9 Å². The van der Waals surface area contributed by atoms with Crippen molar-refractivity contribution in [2.45, 2.75) is 6.54 Å². The van der Waals surface area contributed by atoms with Gasteiger partial charge < -0.3 is 10.4 Å². The van der Waals surface area contributed by atoms with E-state index >= 15 is 0 Å². The average Bonchev–Trinajstić information content (AvgIpc) is 3.10. The number of carbonyl (C=O) groups is 2. The van der Waals surface area contributed by atoms with Gasteiger partial charge >= 0.3 is 5.97 Å². The van der Waals surface area contributed by atoms with E-state index in [4.69, 9.17) is 5.11 Å². The third-order valence-corrected chi connectivity index (χ3v) is 3.69.